The van der Waals surface area contributed by atoms with E-state index < -0.39 is 58.8 Å². The maximum Gasteiger partial charge on any atom is 0.331 e. The number of aliphatic carboxylic acids is 2. The third kappa shape index (κ3) is 8.57. The van der Waals surface area contributed by atoms with Gasteiger partial charge in [0, 0.05) is 19.6 Å². The highest BCUT2D eigenvalue weighted by atomic mass is 32.2. The topological polar surface area (TPSA) is 223 Å². The van der Waals surface area contributed by atoms with Gasteiger partial charge in [0.1, 0.15) is 12.6 Å². The lowest BCUT2D eigenvalue weighted by molar-refractivity contribution is -0.155. The van der Waals surface area contributed by atoms with Gasteiger partial charge in [-0.2, -0.15) is 4.72 Å². The van der Waals surface area contributed by atoms with Gasteiger partial charge in [-0.05, 0) is 47.2 Å². The lowest BCUT2D eigenvalue weighted by atomic mass is 9.98. The van der Waals surface area contributed by atoms with E-state index in [0.717, 1.165) is 18.2 Å². The molecule has 1 aliphatic heterocycles. The number of nitrogens with zero attached hydrogens (tertiary/aromatic N) is 2. The Morgan fingerprint density at radius 1 is 1.00 bits per heavy atom. The molecule has 3 atom stereocenters. The number of carboxylic acid groups (broad SMARTS) is 2. The van der Waals surface area contributed by atoms with E-state index in [-0.39, 0.29) is 28.9 Å². The Morgan fingerprint density at radius 2 is 1.67 bits per heavy atom. The van der Waals surface area contributed by atoms with Crippen molar-refractivity contribution in [2.75, 3.05) is 26.2 Å². The van der Waals surface area contributed by atoms with Crippen LogP contribution in [0.25, 0.3) is 10.8 Å². The number of carboxylic acids is 2. The van der Waals surface area contributed by atoms with Crippen LogP contribution in [0.1, 0.15) is 30.9 Å². The standard InChI is InChI=1S/C31H36N6O8S/c32-31(33)36-14-6-7-20(18-36)17-34-26(38)16-25(35-46(44,45)24-13-12-21-8-4-5-11-23(21)15-24)29(41)37(19-27(39)40)28(30(42)43)22-9-2-1-3-10-22/h1-5,8-13,15,20,25,28,35H,6-7,14,16-19H2,(H3,32,33)(H,34,38)(H,39,40)(H,42,43)/t20-,25-,28-/m0/s1. The molecule has 4 rings (SSSR count). The molecule has 1 saturated heterocycles. The fourth-order valence-electron chi connectivity index (χ4n) is 5.47. The van der Waals surface area contributed by atoms with E-state index in [0.29, 0.717) is 23.4 Å². The van der Waals surface area contributed by atoms with Crippen LogP contribution < -0.4 is 15.8 Å². The molecule has 0 spiro atoms. The third-order valence-corrected chi connectivity index (χ3v) is 9.18. The minimum absolute atomic E-state index is 0.0666. The van der Waals surface area contributed by atoms with Crippen molar-refractivity contribution in [3.05, 3.63) is 78.4 Å². The van der Waals surface area contributed by atoms with Gasteiger partial charge in [-0.1, -0.05) is 60.7 Å². The van der Waals surface area contributed by atoms with Gasteiger partial charge in [-0.15, -0.1) is 0 Å². The predicted octanol–water partition coefficient (Wildman–Crippen LogP) is 1.34. The molecule has 0 aromatic heterocycles. The first-order valence-electron chi connectivity index (χ1n) is 14.5. The molecule has 15 heteroatoms. The molecule has 2 amide bonds. The van der Waals surface area contributed by atoms with Crippen LogP contribution in [0, 0.1) is 11.3 Å². The molecule has 1 aliphatic rings. The molecule has 7 N–H and O–H groups in total. The number of piperidine rings is 1. The summed E-state index contributed by atoms with van der Waals surface area (Å²) < 4.78 is 29.5. The van der Waals surface area contributed by atoms with Crippen molar-refractivity contribution < 1.29 is 37.8 Å². The largest absolute Gasteiger partial charge is 0.480 e. The molecule has 0 saturated carbocycles. The Bertz CT molecular complexity index is 1720. The van der Waals surface area contributed by atoms with Crippen molar-refractivity contribution in [3.63, 3.8) is 0 Å². The highest BCUT2D eigenvalue weighted by Crippen LogP contribution is 2.24. The van der Waals surface area contributed by atoms with Gasteiger partial charge >= 0.3 is 11.9 Å². The number of hydrogen-bond acceptors (Lipinski definition) is 7. The van der Waals surface area contributed by atoms with Crippen LogP contribution in [0.15, 0.2) is 77.7 Å². The molecule has 1 heterocycles. The van der Waals surface area contributed by atoms with Gasteiger partial charge in [-0.3, -0.25) is 19.8 Å². The number of guanidine groups is 1. The van der Waals surface area contributed by atoms with E-state index in [1.54, 1.807) is 41.3 Å². The number of fused-ring (bicyclic) bond motifs is 1. The molecular weight excluding hydrogens is 616 g/mol. The van der Waals surface area contributed by atoms with Gasteiger partial charge in [0.25, 0.3) is 0 Å². The first kappa shape index (κ1) is 33.9. The number of nitrogens with one attached hydrogen (secondary N) is 3. The van der Waals surface area contributed by atoms with Crippen LogP contribution in [0.4, 0.5) is 0 Å². The SMILES string of the molecule is N=C(N)N1CCC[C@@H](CNC(=O)C[C@H](NS(=O)(=O)c2ccc3ccccc3c2)C(=O)N(CC(=O)O)[C@H](C(=O)O)c2ccccc2)C1. The molecule has 3 aromatic carbocycles. The van der Waals surface area contributed by atoms with Crippen molar-refractivity contribution in [2.24, 2.45) is 11.7 Å². The molecule has 0 unspecified atom stereocenters. The summed E-state index contributed by atoms with van der Waals surface area (Å²) in [6, 6.07) is 15.1. The monoisotopic (exact) mass is 652 g/mol. The number of likely N-dealkylation sites (tertiary alicyclic amines) is 1. The maximum absolute atomic E-state index is 14.0. The van der Waals surface area contributed by atoms with Crippen molar-refractivity contribution in [2.45, 2.75) is 36.2 Å². The fourth-order valence-corrected chi connectivity index (χ4v) is 6.69. The molecule has 46 heavy (non-hydrogen) atoms. The quantitative estimate of drug-likeness (QED) is 0.115. The summed E-state index contributed by atoms with van der Waals surface area (Å²) in [5.41, 5.74) is 5.68. The highest BCUT2D eigenvalue weighted by molar-refractivity contribution is 7.89. The molecule has 1 fully saturated rings. The Morgan fingerprint density at radius 3 is 2.33 bits per heavy atom. The molecule has 0 aliphatic carbocycles. The average molecular weight is 653 g/mol. The number of carbonyl (C=O) groups is 4. The normalized spacial score (nSPS) is 16.3. The Kier molecular flexibility index (Phi) is 10.9. The second-order valence-electron chi connectivity index (χ2n) is 11.0. The molecule has 244 valence electrons. The zero-order valence-corrected chi connectivity index (χ0v) is 25.7. The summed E-state index contributed by atoms with van der Waals surface area (Å²) >= 11 is 0. The lowest BCUT2D eigenvalue weighted by Crippen LogP contribution is -2.54. The summed E-state index contributed by atoms with van der Waals surface area (Å²) in [5, 5.41) is 31.5. The summed E-state index contributed by atoms with van der Waals surface area (Å²) in [5.74, 6) is -5.17. The summed E-state index contributed by atoms with van der Waals surface area (Å²) in [7, 11) is -4.48. The molecule has 3 aromatic rings. The van der Waals surface area contributed by atoms with E-state index in [1.165, 1.54) is 36.4 Å². The van der Waals surface area contributed by atoms with Crippen LogP contribution in [0.5, 0.6) is 0 Å². The van der Waals surface area contributed by atoms with Crippen LogP contribution in [-0.2, 0) is 29.2 Å². The van der Waals surface area contributed by atoms with Gasteiger partial charge in [0.2, 0.25) is 21.8 Å². The van der Waals surface area contributed by atoms with Gasteiger partial charge in [0.05, 0.1) is 11.3 Å². The average Bonchev–Trinajstić information content (AvgIpc) is 3.02. The minimum Gasteiger partial charge on any atom is -0.480 e. The summed E-state index contributed by atoms with van der Waals surface area (Å²) in [6.07, 6.45) is 0.740. The number of hydrogen-bond donors (Lipinski definition) is 6. The predicted molar refractivity (Wildman–Crippen MR) is 168 cm³/mol. The number of benzene rings is 3. The number of rotatable bonds is 13. The molecule has 14 nitrogen and oxygen atoms in total. The first-order valence-corrected chi connectivity index (χ1v) is 16.0. The first-order chi connectivity index (χ1) is 21.9. The minimum atomic E-state index is -4.48. The van der Waals surface area contributed by atoms with Crippen LogP contribution in [-0.4, -0.2) is 90.4 Å². The van der Waals surface area contributed by atoms with E-state index in [1.807, 2.05) is 0 Å². The molecule has 0 bridgehead atoms. The van der Waals surface area contributed by atoms with Crippen molar-refractivity contribution in [1.82, 2.24) is 19.8 Å². The molecular formula is C31H36N6O8S. The lowest BCUT2D eigenvalue weighted by Gasteiger charge is -2.33. The second kappa shape index (κ2) is 14.8. The third-order valence-electron chi connectivity index (χ3n) is 7.71. The van der Waals surface area contributed by atoms with E-state index in [4.69, 9.17) is 11.1 Å². The summed E-state index contributed by atoms with van der Waals surface area (Å²) in [6.45, 7) is 0.111. The van der Waals surface area contributed by atoms with Crippen molar-refractivity contribution in [1.29, 1.82) is 5.41 Å². The van der Waals surface area contributed by atoms with Crippen LogP contribution >= 0.6 is 0 Å². The van der Waals surface area contributed by atoms with Crippen molar-refractivity contribution >= 4 is 50.5 Å². The van der Waals surface area contributed by atoms with E-state index in [9.17, 15) is 37.8 Å². The van der Waals surface area contributed by atoms with Crippen molar-refractivity contribution in [3.8, 4) is 0 Å². The van der Waals surface area contributed by atoms with Gasteiger partial charge in [0.15, 0.2) is 12.0 Å². The summed E-state index contributed by atoms with van der Waals surface area (Å²) in [4.78, 5) is 53.5. The maximum atomic E-state index is 14.0. The number of carbonyl (C=O) groups excluding carboxylic acids is 2. The Hall–Kier alpha value is -5.02. The number of amides is 2. The van der Waals surface area contributed by atoms with Crippen LogP contribution in [0.3, 0.4) is 0 Å². The fraction of sp³-hybridized carbons (Fsp3) is 0.323. The Labute approximate surface area is 265 Å². The van der Waals surface area contributed by atoms with E-state index in [2.05, 4.69) is 10.0 Å². The smallest absolute Gasteiger partial charge is 0.331 e. The highest BCUT2D eigenvalue weighted by Gasteiger charge is 2.39. The zero-order valence-electron chi connectivity index (χ0n) is 24.8. The second-order valence-corrected chi connectivity index (χ2v) is 12.8. The van der Waals surface area contributed by atoms with Gasteiger partial charge < -0.3 is 31.1 Å². The molecule has 0 radical (unpaired) electrons. The Balaban J connectivity index is 1.64. The number of nitrogens with two attached hydrogens (primary N) is 1. The van der Waals surface area contributed by atoms with Crippen LogP contribution in [0.2, 0.25) is 0 Å². The number of sulfonamides is 1. The van der Waals surface area contributed by atoms with E-state index >= 15 is 0 Å². The zero-order chi connectivity index (χ0) is 33.4. The van der Waals surface area contributed by atoms with Gasteiger partial charge in [-0.25, -0.2) is 13.2 Å².